The molecular weight excluding hydrogens is 368 g/mol. The summed E-state index contributed by atoms with van der Waals surface area (Å²) < 4.78 is 14.4. The van der Waals surface area contributed by atoms with E-state index in [9.17, 15) is 0 Å². The van der Waals surface area contributed by atoms with Crippen molar-refractivity contribution in [2.75, 3.05) is 13.2 Å². The van der Waals surface area contributed by atoms with Crippen LogP contribution in [0.1, 0.15) is 30.0 Å². The molecule has 0 aliphatic carbocycles. The molecule has 1 saturated heterocycles. The predicted octanol–water partition coefficient (Wildman–Crippen LogP) is 4.57. The molecule has 0 atom stereocenters. The minimum atomic E-state index is 0.492. The summed E-state index contributed by atoms with van der Waals surface area (Å²) in [5, 5.41) is 0. The van der Waals surface area contributed by atoms with Crippen molar-refractivity contribution in [3.63, 3.8) is 0 Å². The summed E-state index contributed by atoms with van der Waals surface area (Å²) in [6.07, 6.45) is 6.23. The fourth-order valence-electron chi connectivity index (χ4n) is 3.05. The van der Waals surface area contributed by atoms with E-state index in [1.807, 2.05) is 30.5 Å². The highest BCUT2D eigenvalue weighted by Gasteiger charge is 2.19. The van der Waals surface area contributed by atoms with Crippen LogP contribution in [0, 0.1) is 0 Å². The summed E-state index contributed by atoms with van der Waals surface area (Å²) in [7, 11) is 0. The lowest BCUT2D eigenvalue weighted by Gasteiger charge is -2.19. The summed E-state index contributed by atoms with van der Waals surface area (Å²) in [5.74, 6) is 1.31. The van der Waals surface area contributed by atoms with E-state index in [0.717, 1.165) is 53.2 Å². The number of rotatable bonds is 4. The molecule has 0 spiro atoms. The van der Waals surface area contributed by atoms with Crippen molar-refractivity contribution in [3.05, 3.63) is 64.5 Å². The Hall–Kier alpha value is -1.85. The number of fused-ring (bicyclic) bond motifs is 1. The van der Waals surface area contributed by atoms with Gasteiger partial charge in [-0.3, -0.25) is 0 Å². The minimum Gasteiger partial charge on any atom is -0.488 e. The zero-order valence-electron chi connectivity index (χ0n) is 13.3. The van der Waals surface area contributed by atoms with Crippen LogP contribution in [0.5, 0.6) is 5.75 Å². The van der Waals surface area contributed by atoms with E-state index >= 15 is 0 Å². The van der Waals surface area contributed by atoms with Crippen LogP contribution in [0.25, 0.3) is 5.65 Å². The summed E-state index contributed by atoms with van der Waals surface area (Å²) in [4.78, 5) is 4.80. The molecule has 1 aliphatic rings. The Morgan fingerprint density at radius 3 is 2.75 bits per heavy atom. The molecule has 1 aromatic carbocycles. The van der Waals surface area contributed by atoms with Gasteiger partial charge in [0, 0.05) is 37.6 Å². The second-order valence-electron chi connectivity index (χ2n) is 6.08. The number of nitrogens with zero attached hydrogens (tertiary/aromatic N) is 2. The molecule has 3 aromatic rings. The molecule has 4 nitrogen and oxygen atoms in total. The molecule has 1 fully saturated rings. The number of benzene rings is 1. The van der Waals surface area contributed by atoms with Gasteiger partial charge in [0.2, 0.25) is 0 Å². The van der Waals surface area contributed by atoms with Crippen LogP contribution in [0.3, 0.4) is 0 Å². The number of imidazole rings is 1. The van der Waals surface area contributed by atoms with Gasteiger partial charge in [0.15, 0.2) is 0 Å². The molecule has 3 heterocycles. The average Bonchev–Trinajstić information content (AvgIpc) is 3.04. The topological polar surface area (TPSA) is 35.8 Å². The monoisotopic (exact) mass is 386 g/mol. The number of hydrogen-bond donors (Lipinski definition) is 0. The molecule has 0 bridgehead atoms. The third-order valence-corrected chi connectivity index (χ3v) is 5.00. The molecule has 24 heavy (non-hydrogen) atoms. The van der Waals surface area contributed by atoms with E-state index in [-0.39, 0.29) is 0 Å². The molecule has 5 heteroatoms. The molecule has 0 radical (unpaired) electrons. The minimum absolute atomic E-state index is 0.492. The summed E-state index contributed by atoms with van der Waals surface area (Å²) in [6, 6.07) is 12.2. The van der Waals surface area contributed by atoms with Crippen molar-refractivity contribution in [2.45, 2.75) is 25.4 Å². The van der Waals surface area contributed by atoms with Crippen molar-refractivity contribution in [2.24, 2.45) is 0 Å². The number of ether oxygens (including phenoxy) is 2. The fourth-order valence-corrected chi connectivity index (χ4v) is 3.50. The Balaban J connectivity index is 1.56. The number of hydrogen-bond acceptors (Lipinski definition) is 3. The van der Waals surface area contributed by atoms with Gasteiger partial charge < -0.3 is 13.9 Å². The van der Waals surface area contributed by atoms with Crippen LogP contribution >= 0.6 is 15.9 Å². The lowest BCUT2D eigenvalue weighted by atomic mass is 9.97. The molecule has 0 amide bonds. The zero-order chi connectivity index (χ0) is 16.4. The standard InChI is InChI=1S/C19H19BrN2O2/c20-16-11-22-12-17(15-6-8-23-9-7-15)21-19(22)10-18(16)24-13-14-4-2-1-3-5-14/h1-5,10-12,15H,6-9,13H2. The molecule has 1 aliphatic heterocycles. The van der Waals surface area contributed by atoms with E-state index in [4.69, 9.17) is 14.5 Å². The molecule has 4 rings (SSSR count). The van der Waals surface area contributed by atoms with Gasteiger partial charge in [-0.2, -0.15) is 0 Å². The van der Waals surface area contributed by atoms with Crippen LogP contribution in [-0.2, 0) is 11.3 Å². The van der Waals surface area contributed by atoms with Crippen LogP contribution in [-0.4, -0.2) is 22.6 Å². The maximum Gasteiger partial charge on any atom is 0.140 e. The number of aromatic nitrogens is 2. The van der Waals surface area contributed by atoms with Gasteiger partial charge in [0.1, 0.15) is 18.0 Å². The summed E-state index contributed by atoms with van der Waals surface area (Å²) in [5.41, 5.74) is 3.21. The highest BCUT2D eigenvalue weighted by atomic mass is 79.9. The van der Waals surface area contributed by atoms with Gasteiger partial charge >= 0.3 is 0 Å². The first-order valence-electron chi connectivity index (χ1n) is 8.22. The van der Waals surface area contributed by atoms with Gasteiger partial charge in [-0.25, -0.2) is 4.98 Å². The van der Waals surface area contributed by atoms with Crippen molar-refractivity contribution >= 4 is 21.6 Å². The molecule has 0 N–H and O–H groups in total. The van der Waals surface area contributed by atoms with E-state index < -0.39 is 0 Å². The first-order valence-corrected chi connectivity index (χ1v) is 9.01. The molecule has 2 aromatic heterocycles. The molecule has 124 valence electrons. The molecule has 0 saturated carbocycles. The zero-order valence-corrected chi connectivity index (χ0v) is 14.9. The van der Waals surface area contributed by atoms with E-state index in [1.165, 1.54) is 0 Å². The van der Waals surface area contributed by atoms with Gasteiger partial charge in [-0.05, 0) is 34.3 Å². The quantitative estimate of drug-likeness (QED) is 0.658. The maximum absolute atomic E-state index is 5.97. The van der Waals surface area contributed by atoms with Crippen LogP contribution in [0.4, 0.5) is 0 Å². The van der Waals surface area contributed by atoms with Crippen molar-refractivity contribution in [1.29, 1.82) is 0 Å². The van der Waals surface area contributed by atoms with Gasteiger partial charge in [0.25, 0.3) is 0 Å². The fraction of sp³-hybridized carbons (Fsp3) is 0.316. The van der Waals surface area contributed by atoms with Crippen LogP contribution in [0.2, 0.25) is 0 Å². The third kappa shape index (κ3) is 3.32. The molecule has 0 unspecified atom stereocenters. The summed E-state index contributed by atoms with van der Waals surface area (Å²) in [6.45, 7) is 2.20. The largest absolute Gasteiger partial charge is 0.488 e. The predicted molar refractivity (Wildman–Crippen MR) is 96.5 cm³/mol. The second kappa shape index (κ2) is 6.95. The Kier molecular flexibility index (Phi) is 4.54. The normalized spacial score (nSPS) is 15.7. The smallest absolute Gasteiger partial charge is 0.140 e. The van der Waals surface area contributed by atoms with Crippen molar-refractivity contribution in [1.82, 2.24) is 9.38 Å². The first-order chi connectivity index (χ1) is 11.8. The third-order valence-electron chi connectivity index (χ3n) is 4.40. The van der Waals surface area contributed by atoms with Crippen LogP contribution in [0.15, 0.2) is 53.3 Å². The van der Waals surface area contributed by atoms with E-state index in [0.29, 0.717) is 12.5 Å². The van der Waals surface area contributed by atoms with Gasteiger partial charge in [-0.1, -0.05) is 30.3 Å². The number of pyridine rings is 1. The van der Waals surface area contributed by atoms with Gasteiger partial charge in [-0.15, -0.1) is 0 Å². The average molecular weight is 387 g/mol. The Morgan fingerprint density at radius 2 is 1.96 bits per heavy atom. The SMILES string of the molecule is Brc1cn2cc(C3CCOCC3)nc2cc1OCc1ccccc1. The van der Waals surface area contributed by atoms with Crippen molar-refractivity contribution < 1.29 is 9.47 Å². The van der Waals surface area contributed by atoms with Crippen molar-refractivity contribution in [3.8, 4) is 5.75 Å². The van der Waals surface area contributed by atoms with Crippen LogP contribution < -0.4 is 4.74 Å². The highest BCUT2D eigenvalue weighted by Crippen LogP contribution is 2.30. The van der Waals surface area contributed by atoms with E-state index in [1.54, 1.807) is 0 Å². The second-order valence-corrected chi connectivity index (χ2v) is 6.93. The lowest BCUT2D eigenvalue weighted by Crippen LogP contribution is -2.14. The summed E-state index contributed by atoms with van der Waals surface area (Å²) >= 11 is 3.60. The Labute approximate surface area is 149 Å². The highest BCUT2D eigenvalue weighted by molar-refractivity contribution is 9.10. The first kappa shape index (κ1) is 15.7. The van der Waals surface area contributed by atoms with E-state index in [2.05, 4.69) is 38.7 Å². The Bertz CT molecular complexity index is 826. The number of halogens is 1. The van der Waals surface area contributed by atoms with Gasteiger partial charge in [0.05, 0.1) is 10.2 Å². The lowest BCUT2D eigenvalue weighted by molar-refractivity contribution is 0.0846. The molecular formula is C19H19BrN2O2. The maximum atomic E-state index is 5.97. The Morgan fingerprint density at radius 1 is 1.17 bits per heavy atom.